The highest BCUT2D eigenvalue weighted by Gasteiger charge is 2.42. The van der Waals surface area contributed by atoms with E-state index in [4.69, 9.17) is 0 Å². The third-order valence-electron chi connectivity index (χ3n) is 8.85. The lowest BCUT2D eigenvalue weighted by atomic mass is 9.88. The zero-order valence-corrected chi connectivity index (χ0v) is 23.8. The molecule has 6 nitrogen and oxygen atoms in total. The van der Waals surface area contributed by atoms with E-state index in [1.165, 1.54) is 19.2 Å². The molecule has 0 aliphatic carbocycles. The summed E-state index contributed by atoms with van der Waals surface area (Å²) in [5.74, 6) is -0.272. The van der Waals surface area contributed by atoms with Crippen LogP contribution in [-0.2, 0) is 23.7 Å². The van der Waals surface area contributed by atoms with Crippen LogP contribution in [-0.4, -0.2) is 76.8 Å². The van der Waals surface area contributed by atoms with Crippen LogP contribution in [0.25, 0.3) is 0 Å². The number of likely N-dealkylation sites (tertiary alicyclic amines) is 1. The Hall–Kier alpha value is -3.35. The van der Waals surface area contributed by atoms with Gasteiger partial charge in [0, 0.05) is 58.3 Å². The van der Waals surface area contributed by atoms with Crippen molar-refractivity contribution < 1.29 is 40.3 Å². The normalized spacial score (nSPS) is 23.5. The summed E-state index contributed by atoms with van der Waals surface area (Å²) in [4.78, 5) is 32.9. The van der Waals surface area contributed by atoms with Crippen LogP contribution in [0.4, 0.5) is 35.5 Å². The molecule has 2 aromatic carbocycles. The van der Waals surface area contributed by atoms with Crippen LogP contribution < -0.4 is 0 Å². The molecule has 0 aromatic heterocycles. The molecule has 0 saturated carbocycles. The lowest BCUT2D eigenvalue weighted by molar-refractivity contribution is -0.143. The maximum atomic E-state index is 14.0. The van der Waals surface area contributed by atoms with Gasteiger partial charge >= 0.3 is 18.4 Å². The molecule has 0 bridgehead atoms. The fourth-order valence-corrected chi connectivity index (χ4v) is 6.71. The summed E-state index contributed by atoms with van der Waals surface area (Å²) in [7, 11) is 1.34. The van der Waals surface area contributed by atoms with E-state index < -0.39 is 47.9 Å². The number of alkyl halides is 6. The van der Waals surface area contributed by atoms with E-state index in [1.54, 1.807) is 17.9 Å². The molecule has 3 aliphatic heterocycles. The van der Waals surface area contributed by atoms with Crippen LogP contribution in [0.15, 0.2) is 36.4 Å². The Balaban J connectivity index is 1.38. The molecule has 3 heterocycles. The largest absolute Gasteiger partial charge is 0.416 e. The van der Waals surface area contributed by atoms with Crippen LogP contribution in [0.5, 0.6) is 0 Å². The fourth-order valence-electron chi connectivity index (χ4n) is 6.71. The number of carbonyl (C=O) groups excluding carboxylic acids is 2. The summed E-state index contributed by atoms with van der Waals surface area (Å²) in [5, 5.41) is 0. The molecule has 3 fully saturated rings. The third-order valence-corrected chi connectivity index (χ3v) is 8.85. The first kappa shape index (κ1) is 31.1. The van der Waals surface area contributed by atoms with E-state index in [1.807, 2.05) is 4.90 Å². The Bertz CT molecular complexity index is 1350. The number of nitrogens with zero attached hydrogens (tertiary/aromatic N) is 4. The predicted molar refractivity (Wildman–Crippen MR) is 143 cm³/mol. The summed E-state index contributed by atoms with van der Waals surface area (Å²) in [6.07, 6.45) is -7.56. The number of amides is 3. The van der Waals surface area contributed by atoms with Gasteiger partial charge in [-0.25, -0.2) is 9.18 Å². The summed E-state index contributed by atoms with van der Waals surface area (Å²) >= 11 is 0. The molecular formula is C30H33F7N4O2. The molecular weight excluding hydrogens is 581 g/mol. The Labute approximate surface area is 245 Å². The number of benzene rings is 2. The molecule has 0 spiro atoms. The summed E-state index contributed by atoms with van der Waals surface area (Å²) < 4.78 is 94.4. The number of fused-ring (bicyclic) bond motifs is 1. The quantitative estimate of drug-likeness (QED) is 0.384. The molecule has 234 valence electrons. The number of aryl methyl sites for hydroxylation is 1. The lowest BCUT2D eigenvalue weighted by Crippen LogP contribution is -2.57. The SMILES string of the molecule is Cc1cc(F)ccc1[C@H]1C[C@H](N2CCN3C(=O)CC[C@H]3C2)CCN1C(=O)N(C)Cc1cc(C(F)(F)F)cc(C(F)(F)F)c1. The summed E-state index contributed by atoms with van der Waals surface area (Å²) in [5.41, 5.74) is -1.83. The van der Waals surface area contributed by atoms with Crippen molar-refractivity contribution in [2.24, 2.45) is 0 Å². The molecule has 3 saturated heterocycles. The first-order chi connectivity index (χ1) is 20.1. The highest BCUT2D eigenvalue weighted by atomic mass is 19.4. The zero-order chi connectivity index (χ0) is 31.3. The van der Waals surface area contributed by atoms with E-state index in [9.17, 15) is 40.3 Å². The predicted octanol–water partition coefficient (Wildman–Crippen LogP) is 6.24. The van der Waals surface area contributed by atoms with Gasteiger partial charge in [0.25, 0.3) is 0 Å². The van der Waals surface area contributed by atoms with Gasteiger partial charge < -0.3 is 14.7 Å². The lowest BCUT2D eigenvalue weighted by Gasteiger charge is -2.48. The standard InChI is InChI=1S/C30H33F7N4O2/c1-18-11-22(31)3-5-25(18)26-15-23(39-9-10-40-24(17-39)4-6-27(40)42)7-8-41(26)28(43)38(2)16-19-12-20(29(32,33)34)14-21(13-19)30(35,36)37/h3,5,11-14,23-24,26H,4,6-10,15-17H2,1-2H3/t23-,24+,26-/m1/s1. The van der Waals surface area contributed by atoms with Crippen molar-refractivity contribution in [3.8, 4) is 0 Å². The molecule has 43 heavy (non-hydrogen) atoms. The highest BCUT2D eigenvalue weighted by molar-refractivity contribution is 5.79. The van der Waals surface area contributed by atoms with Gasteiger partial charge in [0.1, 0.15) is 5.82 Å². The molecule has 0 N–H and O–H groups in total. The molecule has 3 atom stereocenters. The van der Waals surface area contributed by atoms with Crippen LogP contribution in [0, 0.1) is 12.7 Å². The second-order valence-corrected chi connectivity index (χ2v) is 11.7. The number of rotatable bonds is 4. The molecule has 5 rings (SSSR count). The molecule has 13 heteroatoms. The van der Waals surface area contributed by atoms with Crippen molar-refractivity contribution in [2.45, 2.75) is 69.6 Å². The molecule has 3 aliphatic rings. The van der Waals surface area contributed by atoms with E-state index in [-0.39, 0.29) is 36.2 Å². The van der Waals surface area contributed by atoms with Crippen LogP contribution >= 0.6 is 0 Å². The highest BCUT2D eigenvalue weighted by Crippen LogP contribution is 2.39. The monoisotopic (exact) mass is 614 g/mol. The van der Waals surface area contributed by atoms with Crippen molar-refractivity contribution >= 4 is 11.9 Å². The molecule has 0 radical (unpaired) electrons. The average molecular weight is 615 g/mol. The number of urea groups is 1. The van der Waals surface area contributed by atoms with E-state index >= 15 is 0 Å². The smallest absolute Gasteiger partial charge is 0.337 e. The van der Waals surface area contributed by atoms with Gasteiger partial charge in [-0.05, 0) is 73.2 Å². The van der Waals surface area contributed by atoms with Gasteiger partial charge in [-0.3, -0.25) is 9.69 Å². The summed E-state index contributed by atoms with van der Waals surface area (Å²) in [6.45, 7) is 3.58. The second kappa shape index (κ2) is 11.6. The number of halogens is 7. The van der Waals surface area contributed by atoms with E-state index in [2.05, 4.69) is 4.90 Å². The minimum absolute atomic E-state index is 0.0603. The van der Waals surface area contributed by atoms with Crippen LogP contribution in [0.1, 0.15) is 59.5 Å². The van der Waals surface area contributed by atoms with Crippen molar-refractivity contribution in [1.82, 2.24) is 19.6 Å². The Morgan fingerprint density at radius 3 is 2.23 bits per heavy atom. The number of piperidine rings is 1. The van der Waals surface area contributed by atoms with Gasteiger partial charge in [0.15, 0.2) is 0 Å². The Kier molecular flexibility index (Phi) is 8.40. The van der Waals surface area contributed by atoms with Gasteiger partial charge in [-0.15, -0.1) is 0 Å². The summed E-state index contributed by atoms with van der Waals surface area (Å²) in [6, 6.07) is 4.78. The number of hydrogen-bond donors (Lipinski definition) is 0. The number of carbonyl (C=O) groups is 2. The van der Waals surface area contributed by atoms with Crippen molar-refractivity contribution in [3.63, 3.8) is 0 Å². The topological polar surface area (TPSA) is 47.1 Å². The Morgan fingerprint density at radius 2 is 1.60 bits per heavy atom. The van der Waals surface area contributed by atoms with Crippen molar-refractivity contribution in [1.29, 1.82) is 0 Å². The minimum atomic E-state index is -5.00. The molecule has 0 unspecified atom stereocenters. The van der Waals surface area contributed by atoms with Crippen molar-refractivity contribution in [3.05, 3.63) is 70.0 Å². The average Bonchev–Trinajstić information content (AvgIpc) is 3.31. The third kappa shape index (κ3) is 6.61. The second-order valence-electron chi connectivity index (χ2n) is 11.7. The van der Waals surface area contributed by atoms with Crippen LogP contribution in [0.3, 0.4) is 0 Å². The van der Waals surface area contributed by atoms with Gasteiger partial charge in [0.2, 0.25) is 5.91 Å². The van der Waals surface area contributed by atoms with Gasteiger partial charge in [-0.2, -0.15) is 26.3 Å². The number of hydrogen-bond acceptors (Lipinski definition) is 3. The van der Waals surface area contributed by atoms with E-state index in [0.29, 0.717) is 50.0 Å². The first-order valence-corrected chi connectivity index (χ1v) is 14.2. The van der Waals surface area contributed by atoms with Gasteiger partial charge in [-0.1, -0.05) is 6.07 Å². The molecule has 3 amide bonds. The zero-order valence-electron chi connectivity index (χ0n) is 23.8. The number of piperazine rings is 1. The Morgan fingerprint density at radius 1 is 0.930 bits per heavy atom. The van der Waals surface area contributed by atoms with E-state index in [0.717, 1.165) is 23.4 Å². The maximum absolute atomic E-state index is 14.0. The first-order valence-electron chi connectivity index (χ1n) is 14.2. The van der Waals surface area contributed by atoms with Gasteiger partial charge in [0.05, 0.1) is 17.2 Å². The minimum Gasteiger partial charge on any atom is -0.337 e. The maximum Gasteiger partial charge on any atom is 0.416 e. The molecule has 2 aromatic rings. The van der Waals surface area contributed by atoms with Crippen LogP contribution in [0.2, 0.25) is 0 Å². The fraction of sp³-hybridized carbons (Fsp3) is 0.533. The van der Waals surface area contributed by atoms with Crippen molar-refractivity contribution in [2.75, 3.05) is 33.2 Å².